The van der Waals surface area contributed by atoms with Crippen molar-refractivity contribution in [2.24, 2.45) is 4.40 Å². The Morgan fingerprint density at radius 2 is 2.06 bits per heavy atom. The number of hydrogen-bond donors (Lipinski definition) is 1. The van der Waals surface area contributed by atoms with E-state index in [9.17, 15) is 13.2 Å². The molecule has 2 heterocycles. The average Bonchev–Trinajstić information content (AvgIpc) is 2.74. The largest absolute Gasteiger partial charge is 0.477 e. The summed E-state index contributed by atoms with van der Waals surface area (Å²) in [5.41, 5.74) is 0.286. The lowest BCUT2D eigenvalue weighted by molar-refractivity contribution is -0.131. The maximum Gasteiger partial charge on any atom is 0.349 e. The van der Waals surface area contributed by atoms with Crippen molar-refractivity contribution < 1.29 is 18.3 Å². The number of sulfonamides is 1. The summed E-state index contributed by atoms with van der Waals surface area (Å²) in [6.07, 6.45) is 3.29. The van der Waals surface area contributed by atoms with E-state index in [1.807, 2.05) is 4.90 Å². The second-order valence-electron chi connectivity index (χ2n) is 3.85. The minimum Gasteiger partial charge on any atom is -0.477 e. The van der Waals surface area contributed by atoms with Crippen LogP contribution in [0.25, 0.3) is 0 Å². The van der Waals surface area contributed by atoms with Crippen LogP contribution in [0.1, 0.15) is 12.8 Å². The van der Waals surface area contributed by atoms with E-state index < -0.39 is 20.9 Å². The molecule has 0 aromatic heterocycles. The summed E-state index contributed by atoms with van der Waals surface area (Å²) in [6.45, 7) is 2.11. The molecule has 1 N–H and O–H groups in total. The third kappa shape index (κ3) is 2.00. The van der Waals surface area contributed by atoms with Gasteiger partial charge in [-0.2, -0.15) is 12.8 Å². The molecule has 0 amide bonds. The smallest absolute Gasteiger partial charge is 0.349 e. The molecular formula is C9H12N2O4S. The Morgan fingerprint density at radius 1 is 1.44 bits per heavy atom. The average molecular weight is 244 g/mol. The summed E-state index contributed by atoms with van der Waals surface area (Å²) < 4.78 is 25.9. The SMILES string of the molecule is O=C(O)C1=C(CN2CCCC2)C=NS1(=O)=O. The molecule has 88 valence electrons. The highest BCUT2D eigenvalue weighted by Gasteiger charge is 2.32. The van der Waals surface area contributed by atoms with E-state index in [1.165, 1.54) is 0 Å². The van der Waals surface area contributed by atoms with Crippen LogP contribution >= 0.6 is 0 Å². The van der Waals surface area contributed by atoms with Crippen LogP contribution in [-0.4, -0.2) is 50.2 Å². The number of carboxylic acid groups (broad SMARTS) is 1. The van der Waals surface area contributed by atoms with Crippen molar-refractivity contribution in [2.75, 3.05) is 19.6 Å². The Kier molecular flexibility index (Phi) is 2.81. The first-order valence-electron chi connectivity index (χ1n) is 5.00. The Bertz CT molecular complexity index is 472. The molecule has 0 atom stereocenters. The van der Waals surface area contributed by atoms with Crippen molar-refractivity contribution >= 4 is 22.2 Å². The lowest BCUT2D eigenvalue weighted by atomic mass is 10.2. The van der Waals surface area contributed by atoms with Gasteiger partial charge in [-0.05, 0) is 25.9 Å². The van der Waals surface area contributed by atoms with Gasteiger partial charge in [0.25, 0.3) is 10.0 Å². The predicted octanol–water partition coefficient (Wildman–Crippen LogP) is -0.165. The number of likely N-dealkylation sites (tertiary alicyclic amines) is 1. The monoisotopic (exact) mass is 244 g/mol. The molecule has 0 aromatic rings. The van der Waals surface area contributed by atoms with Gasteiger partial charge in [0.05, 0.1) is 0 Å². The molecule has 0 bridgehead atoms. The van der Waals surface area contributed by atoms with E-state index in [1.54, 1.807) is 0 Å². The summed E-state index contributed by atoms with van der Waals surface area (Å²) in [5, 5.41) is 8.86. The molecule has 0 radical (unpaired) electrons. The van der Waals surface area contributed by atoms with Gasteiger partial charge in [0.15, 0.2) is 4.91 Å². The highest BCUT2D eigenvalue weighted by molar-refractivity contribution is 7.95. The zero-order valence-electron chi connectivity index (χ0n) is 8.59. The Labute approximate surface area is 93.3 Å². The Hall–Kier alpha value is -1.21. The van der Waals surface area contributed by atoms with Crippen LogP contribution in [0.4, 0.5) is 0 Å². The van der Waals surface area contributed by atoms with E-state index in [0.29, 0.717) is 6.54 Å². The zero-order valence-corrected chi connectivity index (χ0v) is 9.40. The van der Waals surface area contributed by atoms with E-state index in [-0.39, 0.29) is 5.57 Å². The van der Waals surface area contributed by atoms with Gasteiger partial charge in [0.1, 0.15) is 0 Å². The molecule has 0 aromatic carbocycles. The predicted molar refractivity (Wildman–Crippen MR) is 57.7 cm³/mol. The van der Waals surface area contributed by atoms with E-state index in [4.69, 9.17) is 5.11 Å². The minimum absolute atomic E-state index is 0.286. The molecule has 16 heavy (non-hydrogen) atoms. The number of carboxylic acids is 1. The fraction of sp³-hybridized carbons (Fsp3) is 0.556. The Balaban J connectivity index is 2.26. The molecular weight excluding hydrogens is 232 g/mol. The topological polar surface area (TPSA) is 87.0 Å². The van der Waals surface area contributed by atoms with Crippen molar-refractivity contribution in [2.45, 2.75) is 12.8 Å². The fourth-order valence-electron chi connectivity index (χ4n) is 1.95. The van der Waals surface area contributed by atoms with Gasteiger partial charge in [-0.25, -0.2) is 4.79 Å². The van der Waals surface area contributed by atoms with Gasteiger partial charge in [-0.1, -0.05) is 0 Å². The number of carbonyl (C=O) groups is 1. The van der Waals surface area contributed by atoms with Crippen molar-refractivity contribution in [1.82, 2.24) is 4.90 Å². The second kappa shape index (κ2) is 3.99. The van der Waals surface area contributed by atoms with Crippen molar-refractivity contribution in [3.8, 4) is 0 Å². The molecule has 0 aliphatic carbocycles. The summed E-state index contributed by atoms with van der Waals surface area (Å²) in [4.78, 5) is 12.3. The molecule has 2 rings (SSSR count). The molecule has 0 saturated carbocycles. The third-order valence-corrected chi connectivity index (χ3v) is 4.02. The maximum atomic E-state index is 11.3. The van der Waals surface area contributed by atoms with Crippen molar-refractivity contribution in [1.29, 1.82) is 0 Å². The van der Waals surface area contributed by atoms with E-state index >= 15 is 0 Å². The minimum atomic E-state index is -3.95. The van der Waals surface area contributed by atoms with E-state index in [0.717, 1.165) is 32.1 Å². The maximum absolute atomic E-state index is 11.3. The van der Waals surface area contributed by atoms with Gasteiger partial charge in [-0.15, -0.1) is 0 Å². The summed E-state index contributed by atoms with van der Waals surface area (Å²) in [5.74, 6) is -1.42. The first-order chi connectivity index (χ1) is 7.50. The van der Waals surface area contributed by atoms with Gasteiger partial charge < -0.3 is 5.11 Å². The van der Waals surface area contributed by atoms with Crippen LogP contribution in [0.3, 0.4) is 0 Å². The summed E-state index contributed by atoms with van der Waals surface area (Å²) >= 11 is 0. The van der Waals surface area contributed by atoms with Crippen LogP contribution in [0.5, 0.6) is 0 Å². The molecule has 6 nitrogen and oxygen atoms in total. The highest BCUT2D eigenvalue weighted by atomic mass is 32.2. The number of rotatable bonds is 3. The second-order valence-corrected chi connectivity index (χ2v) is 5.42. The van der Waals surface area contributed by atoms with Gasteiger partial charge in [0.2, 0.25) is 0 Å². The Morgan fingerprint density at radius 3 is 2.62 bits per heavy atom. The van der Waals surface area contributed by atoms with E-state index in [2.05, 4.69) is 4.40 Å². The molecule has 1 fully saturated rings. The summed E-state index contributed by atoms with van der Waals surface area (Å²) in [7, 11) is -3.95. The number of aliphatic carboxylic acids is 1. The quantitative estimate of drug-likeness (QED) is 0.745. The fourth-order valence-corrected chi connectivity index (χ4v) is 2.99. The molecule has 1 saturated heterocycles. The molecule has 2 aliphatic rings. The van der Waals surface area contributed by atoms with Gasteiger partial charge >= 0.3 is 5.97 Å². The van der Waals surface area contributed by atoms with Crippen molar-refractivity contribution in [3.63, 3.8) is 0 Å². The first kappa shape index (κ1) is 11.3. The molecule has 2 aliphatic heterocycles. The van der Waals surface area contributed by atoms with Gasteiger partial charge in [0, 0.05) is 18.3 Å². The van der Waals surface area contributed by atoms with Crippen LogP contribution in [0, 0.1) is 0 Å². The van der Waals surface area contributed by atoms with Crippen molar-refractivity contribution in [3.05, 3.63) is 10.5 Å². The third-order valence-electron chi connectivity index (χ3n) is 2.68. The van der Waals surface area contributed by atoms with Crippen LogP contribution in [0.15, 0.2) is 14.9 Å². The number of nitrogens with zero attached hydrogens (tertiary/aromatic N) is 2. The van der Waals surface area contributed by atoms with Gasteiger partial charge in [-0.3, -0.25) is 4.90 Å². The normalized spacial score (nSPS) is 24.2. The first-order valence-corrected chi connectivity index (χ1v) is 6.44. The van der Waals surface area contributed by atoms with Crippen LogP contribution in [0.2, 0.25) is 0 Å². The number of hydrogen-bond acceptors (Lipinski definition) is 4. The lowest BCUT2D eigenvalue weighted by Gasteiger charge is -2.13. The molecule has 0 spiro atoms. The summed E-state index contributed by atoms with van der Waals surface area (Å²) in [6, 6.07) is 0. The zero-order chi connectivity index (χ0) is 11.8. The molecule has 0 unspecified atom stereocenters. The standard InChI is InChI=1S/C9H12N2O4S/c12-9(13)8-7(5-10-16(8,14)15)6-11-3-1-2-4-11/h5H,1-4,6H2,(H,12,13). The van der Waals surface area contributed by atoms with Crippen LogP contribution < -0.4 is 0 Å². The van der Waals surface area contributed by atoms with Crippen LogP contribution in [-0.2, 0) is 14.8 Å². The lowest BCUT2D eigenvalue weighted by Crippen LogP contribution is -2.24. The highest BCUT2D eigenvalue weighted by Crippen LogP contribution is 2.22. The molecule has 7 heteroatoms.